The maximum atomic E-state index is 13.9. The fourth-order valence-corrected chi connectivity index (χ4v) is 4.12. The summed E-state index contributed by atoms with van der Waals surface area (Å²) < 4.78 is 19.9. The third kappa shape index (κ3) is 6.21. The second kappa shape index (κ2) is 11.4. The van der Waals surface area contributed by atoms with Crippen LogP contribution in [0.25, 0.3) is 11.1 Å². The van der Waals surface area contributed by atoms with E-state index in [0.29, 0.717) is 18.8 Å². The lowest BCUT2D eigenvalue weighted by molar-refractivity contribution is -0.124. The molecule has 5 nitrogen and oxygen atoms in total. The van der Waals surface area contributed by atoms with Gasteiger partial charge in [-0.2, -0.15) is 5.26 Å². The summed E-state index contributed by atoms with van der Waals surface area (Å²) in [7, 11) is 0. The van der Waals surface area contributed by atoms with Gasteiger partial charge in [-0.15, -0.1) is 0 Å². The highest BCUT2D eigenvalue weighted by Crippen LogP contribution is 2.31. The van der Waals surface area contributed by atoms with Crippen LogP contribution in [0.5, 0.6) is 5.75 Å². The number of ether oxygens (including phenoxy) is 1. The van der Waals surface area contributed by atoms with Gasteiger partial charge in [0.05, 0.1) is 12.1 Å². The topological polar surface area (TPSA) is 74.1 Å². The minimum atomic E-state index is -0.599. The number of amides is 1. The molecule has 1 heterocycles. The lowest BCUT2D eigenvalue weighted by atomic mass is 9.99. The number of hydrogen-bond acceptors (Lipinski definition) is 4. The second-order valence-corrected chi connectivity index (χ2v) is 8.51. The summed E-state index contributed by atoms with van der Waals surface area (Å²) in [4.78, 5) is 12.5. The van der Waals surface area contributed by atoms with Crippen molar-refractivity contribution in [1.29, 1.82) is 5.26 Å². The first-order valence-corrected chi connectivity index (χ1v) is 11.6. The van der Waals surface area contributed by atoms with Gasteiger partial charge in [0.25, 0.3) is 0 Å². The minimum absolute atomic E-state index is 0.116. The van der Waals surface area contributed by atoms with Gasteiger partial charge in [0.2, 0.25) is 5.91 Å². The van der Waals surface area contributed by atoms with Gasteiger partial charge < -0.3 is 15.4 Å². The average molecular weight is 458 g/mol. The molecule has 0 aromatic heterocycles. The first kappa shape index (κ1) is 23.5. The van der Waals surface area contributed by atoms with Crippen LogP contribution in [0.3, 0.4) is 0 Å². The molecule has 3 aromatic rings. The van der Waals surface area contributed by atoms with Crippen LogP contribution in [0.15, 0.2) is 72.8 Å². The molecule has 1 aliphatic heterocycles. The molecule has 1 fully saturated rings. The van der Waals surface area contributed by atoms with Crippen molar-refractivity contribution in [1.82, 2.24) is 10.6 Å². The highest BCUT2D eigenvalue weighted by molar-refractivity contribution is 5.82. The largest absolute Gasteiger partial charge is 0.488 e. The Kier molecular flexibility index (Phi) is 7.90. The Morgan fingerprint density at radius 1 is 1.09 bits per heavy atom. The maximum absolute atomic E-state index is 13.9. The molecule has 1 amide bonds. The molecule has 0 radical (unpaired) electrons. The number of benzene rings is 3. The third-order valence-corrected chi connectivity index (χ3v) is 5.98. The van der Waals surface area contributed by atoms with E-state index in [1.807, 2.05) is 54.6 Å². The number of carbonyl (C=O) groups excluding carboxylic acids is 1. The summed E-state index contributed by atoms with van der Waals surface area (Å²) in [5.41, 5.74) is 3.61. The van der Waals surface area contributed by atoms with E-state index in [4.69, 9.17) is 4.74 Å². The van der Waals surface area contributed by atoms with Gasteiger partial charge in [0.15, 0.2) is 0 Å². The van der Waals surface area contributed by atoms with Crippen molar-refractivity contribution < 1.29 is 13.9 Å². The Morgan fingerprint density at radius 3 is 2.59 bits per heavy atom. The zero-order valence-electron chi connectivity index (χ0n) is 19.0. The van der Waals surface area contributed by atoms with Crippen molar-refractivity contribution in [3.05, 3.63) is 89.7 Å². The Labute approximate surface area is 199 Å². The van der Waals surface area contributed by atoms with Gasteiger partial charge in [-0.05, 0) is 48.2 Å². The zero-order chi connectivity index (χ0) is 23.8. The Hall–Kier alpha value is -3.69. The van der Waals surface area contributed by atoms with Gasteiger partial charge >= 0.3 is 0 Å². The predicted octanol–water partition coefficient (Wildman–Crippen LogP) is 4.76. The molecular weight excluding hydrogens is 429 g/mol. The Bertz CT molecular complexity index is 1140. The molecule has 6 heteroatoms. The van der Waals surface area contributed by atoms with Crippen molar-refractivity contribution >= 4 is 5.91 Å². The van der Waals surface area contributed by atoms with Crippen LogP contribution in [0.4, 0.5) is 4.39 Å². The summed E-state index contributed by atoms with van der Waals surface area (Å²) in [6.45, 7) is 1.17. The lowest BCUT2D eigenvalue weighted by Gasteiger charge is -2.23. The number of nitriles is 1. The summed E-state index contributed by atoms with van der Waals surface area (Å²) in [6.07, 6.45) is 3.30. The zero-order valence-corrected chi connectivity index (χ0v) is 19.0. The van der Waals surface area contributed by atoms with E-state index < -0.39 is 6.04 Å². The number of halogens is 1. The number of nitrogens with one attached hydrogen (secondary N) is 2. The highest BCUT2D eigenvalue weighted by atomic mass is 19.1. The molecule has 34 heavy (non-hydrogen) atoms. The summed E-state index contributed by atoms with van der Waals surface area (Å²) >= 11 is 0. The fraction of sp³-hybridized carbons (Fsp3) is 0.286. The molecule has 1 unspecified atom stereocenters. The number of carbonyl (C=O) groups is 1. The summed E-state index contributed by atoms with van der Waals surface area (Å²) in [5, 5.41) is 15.6. The molecule has 2 N–H and O–H groups in total. The van der Waals surface area contributed by atoms with Crippen molar-refractivity contribution in [2.24, 2.45) is 0 Å². The SMILES string of the molecule is N#C[C@H](Cc1ccc(-c2ccc(F)cc2OCc2ccccc2)cc1)NC(=O)C1CCCCN1. The molecule has 1 saturated heterocycles. The molecule has 0 bridgehead atoms. The molecule has 174 valence electrons. The van der Waals surface area contributed by atoms with Gasteiger partial charge in [-0.25, -0.2) is 4.39 Å². The predicted molar refractivity (Wildman–Crippen MR) is 129 cm³/mol. The first-order valence-electron chi connectivity index (χ1n) is 11.6. The van der Waals surface area contributed by atoms with Crippen molar-refractivity contribution in [2.75, 3.05) is 6.54 Å². The van der Waals surface area contributed by atoms with Crippen LogP contribution < -0.4 is 15.4 Å². The molecule has 4 rings (SSSR count). The number of nitrogens with zero attached hydrogens (tertiary/aromatic N) is 1. The molecule has 0 aliphatic carbocycles. The van der Waals surface area contributed by atoms with Crippen LogP contribution in [0, 0.1) is 17.1 Å². The molecule has 0 saturated carbocycles. The molecule has 2 atom stereocenters. The minimum Gasteiger partial charge on any atom is -0.488 e. The van der Waals surface area contributed by atoms with E-state index in [-0.39, 0.29) is 17.8 Å². The van der Waals surface area contributed by atoms with Gasteiger partial charge in [0, 0.05) is 18.1 Å². The number of hydrogen-bond donors (Lipinski definition) is 2. The molecular formula is C28H28FN3O2. The number of rotatable bonds is 8. The van der Waals surface area contributed by atoms with Crippen molar-refractivity contribution in [3.63, 3.8) is 0 Å². The van der Waals surface area contributed by atoms with E-state index in [1.165, 1.54) is 12.1 Å². The van der Waals surface area contributed by atoms with Crippen molar-refractivity contribution in [2.45, 2.75) is 44.4 Å². The van der Waals surface area contributed by atoms with E-state index >= 15 is 0 Å². The Morgan fingerprint density at radius 2 is 1.88 bits per heavy atom. The van der Waals surface area contributed by atoms with E-state index in [1.54, 1.807) is 6.07 Å². The standard InChI is InChI=1S/C28H28FN3O2/c29-23-13-14-25(27(17-23)34-19-21-6-2-1-3-7-21)22-11-9-20(10-12-22)16-24(18-30)32-28(33)26-8-4-5-15-31-26/h1-3,6-7,9-14,17,24,26,31H,4-5,8,15-16,19H2,(H,32,33)/t24-,26?/m0/s1. The summed E-state index contributed by atoms with van der Waals surface area (Å²) in [5.74, 6) is -0.00312. The van der Waals surface area contributed by atoms with E-state index in [0.717, 1.165) is 48.1 Å². The molecule has 3 aromatic carbocycles. The lowest BCUT2D eigenvalue weighted by Crippen LogP contribution is -2.49. The second-order valence-electron chi connectivity index (χ2n) is 8.51. The fourth-order valence-electron chi connectivity index (χ4n) is 4.12. The average Bonchev–Trinajstić information content (AvgIpc) is 2.89. The van der Waals surface area contributed by atoms with Crippen LogP contribution in [0.2, 0.25) is 0 Å². The van der Waals surface area contributed by atoms with Crippen LogP contribution in [-0.2, 0) is 17.8 Å². The third-order valence-electron chi connectivity index (χ3n) is 5.98. The first-order chi connectivity index (χ1) is 16.6. The van der Waals surface area contributed by atoms with Crippen molar-refractivity contribution in [3.8, 4) is 22.9 Å². The Balaban J connectivity index is 1.42. The van der Waals surface area contributed by atoms with E-state index in [2.05, 4.69) is 16.7 Å². The summed E-state index contributed by atoms with van der Waals surface area (Å²) in [6, 6.07) is 23.3. The van der Waals surface area contributed by atoms with Crippen LogP contribution >= 0.6 is 0 Å². The van der Waals surface area contributed by atoms with Crippen LogP contribution in [-0.4, -0.2) is 24.5 Å². The molecule has 1 aliphatic rings. The van der Waals surface area contributed by atoms with E-state index in [9.17, 15) is 14.4 Å². The number of piperidine rings is 1. The normalized spacial score (nSPS) is 16.3. The van der Waals surface area contributed by atoms with Gasteiger partial charge in [-0.1, -0.05) is 61.0 Å². The quantitative estimate of drug-likeness (QED) is 0.511. The van der Waals surface area contributed by atoms with Gasteiger partial charge in [-0.3, -0.25) is 4.79 Å². The van der Waals surface area contributed by atoms with Crippen LogP contribution in [0.1, 0.15) is 30.4 Å². The van der Waals surface area contributed by atoms with Gasteiger partial charge in [0.1, 0.15) is 24.2 Å². The monoisotopic (exact) mass is 457 g/mol. The molecule has 0 spiro atoms. The maximum Gasteiger partial charge on any atom is 0.238 e. The highest BCUT2D eigenvalue weighted by Gasteiger charge is 2.23. The smallest absolute Gasteiger partial charge is 0.238 e.